The number of hydrogen-bond acceptors (Lipinski definition) is 5. The van der Waals surface area contributed by atoms with Gasteiger partial charge in [-0.15, -0.1) is 0 Å². The summed E-state index contributed by atoms with van der Waals surface area (Å²) in [6, 6.07) is -0.136. The molecular formula is C32H52N2O5S. The zero-order valence-corrected chi connectivity index (χ0v) is 27.0. The number of ketones is 1. The highest BCUT2D eigenvalue weighted by Crippen LogP contribution is 2.75. The average Bonchev–Trinajstić information content (AvgIpc) is 2.82. The molecule has 0 saturated heterocycles. The van der Waals surface area contributed by atoms with Gasteiger partial charge in [-0.3, -0.25) is 14.8 Å². The molecule has 4 saturated carbocycles. The molecular weight excluding hydrogens is 524 g/mol. The first-order valence-electron chi connectivity index (χ1n) is 15.3. The van der Waals surface area contributed by atoms with Crippen molar-refractivity contribution in [2.75, 3.05) is 13.3 Å². The molecule has 2 N–H and O–H groups in total. The number of rotatable bonds is 3. The van der Waals surface area contributed by atoms with E-state index in [1.54, 1.807) is 0 Å². The Hall–Kier alpha value is -1.25. The van der Waals surface area contributed by atoms with E-state index in [-0.39, 0.29) is 62.6 Å². The second-order valence-electron chi connectivity index (χ2n) is 16.4. The van der Waals surface area contributed by atoms with Crippen molar-refractivity contribution in [3.05, 3.63) is 11.6 Å². The largest absolute Gasteiger partial charge is 0.295 e. The minimum absolute atomic E-state index is 0.0428. The number of carbonyl (C=O) groups is 2. The smallest absolute Gasteiger partial charge is 0.251 e. The molecule has 0 aliphatic heterocycles. The summed E-state index contributed by atoms with van der Waals surface area (Å²) in [6.45, 7) is 15.8. The Morgan fingerprint density at radius 2 is 1.60 bits per heavy atom. The SMILES string of the molecule is CN(O)C(=O)[C@@]1(C)CC[C@]2(C)CC[C@]3(C)C(=CC(=O)[C@@H]4[C@@]5(C)CC[C@H](NS(C)(=O)=O)C(C)(C)C5CC[C@]43C)[C@@H]2C1. The fraction of sp³-hybridized carbons (Fsp3) is 0.875. The molecule has 0 spiro atoms. The third-order valence-corrected chi connectivity index (χ3v) is 14.5. The van der Waals surface area contributed by atoms with Gasteiger partial charge in [-0.1, -0.05) is 54.0 Å². The van der Waals surface area contributed by atoms with E-state index in [2.05, 4.69) is 46.3 Å². The van der Waals surface area contributed by atoms with Crippen molar-refractivity contribution >= 4 is 21.7 Å². The zero-order valence-electron chi connectivity index (χ0n) is 26.2. The van der Waals surface area contributed by atoms with Gasteiger partial charge in [0.25, 0.3) is 5.91 Å². The highest BCUT2D eigenvalue weighted by molar-refractivity contribution is 7.88. The number of nitrogens with one attached hydrogen (secondary N) is 1. The van der Waals surface area contributed by atoms with Gasteiger partial charge >= 0.3 is 0 Å². The van der Waals surface area contributed by atoms with Crippen LogP contribution in [-0.4, -0.2) is 49.7 Å². The van der Waals surface area contributed by atoms with Crippen LogP contribution in [-0.2, 0) is 19.6 Å². The van der Waals surface area contributed by atoms with Gasteiger partial charge in [0.05, 0.1) is 6.26 Å². The van der Waals surface area contributed by atoms with E-state index in [0.717, 1.165) is 56.4 Å². The third-order valence-electron chi connectivity index (χ3n) is 13.8. The van der Waals surface area contributed by atoms with Crippen LogP contribution in [0.4, 0.5) is 0 Å². The van der Waals surface area contributed by atoms with Gasteiger partial charge in [0, 0.05) is 24.4 Å². The van der Waals surface area contributed by atoms with Gasteiger partial charge < -0.3 is 0 Å². The number of carbonyl (C=O) groups excluding carboxylic acids is 2. The molecule has 0 aromatic heterocycles. The minimum Gasteiger partial charge on any atom is -0.295 e. The number of allylic oxidation sites excluding steroid dienone is 2. The summed E-state index contributed by atoms with van der Waals surface area (Å²) in [5.41, 5.74) is -0.200. The highest BCUT2D eigenvalue weighted by Gasteiger charge is 2.70. The lowest BCUT2D eigenvalue weighted by atomic mass is 9.33. The summed E-state index contributed by atoms with van der Waals surface area (Å²) < 4.78 is 27.4. The van der Waals surface area contributed by atoms with Crippen molar-refractivity contribution in [2.24, 2.45) is 50.2 Å². The maximum absolute atomic E-state index is 14.5. The van der Waals surface area contributed by atoms with Crippen molar-refractivity contribution in [2.45, 2.75) is 112 Å². The Balaban J connectivity index is 1.56. The standard InChI is InChI=1S/C32H52N2O5S/c1-27(2)23-10-13-32(7)25(30(23,5)12-11-24(27)33-40(9,38)39)22(35)18-20-21-19-29(4,26(36)34(8)37)15-14-28(21,3)16-17-31(20,32)6/h18,21,23-25,33,37H,10-17,19H2,1-9H3/t21-,23?,24-,25+,28+,29-,30-,31+,32+/m0/s1. The van der Waals surface area contributed by atoms with Crippen LogP contribution in [0.15, 0.2) is 11.6 Å². The van der Waals surface area contributed by atoms with Crippen LogP contribution < -0.4 is 4.72 Å². The van der Waals surface area contributed by atoms with E-state index < -0.39 is 15.4 Å². The number of hydroxylamine groups is 2. The Morgan fingerprint density at radius 1 is 0.975 bits per heavy atom. The third kappa shape index (κ3) is 4.05. The molecule has 8 heteroatoms. The lowest BCUT2D eigenvalue weighted by Gasteiger charge is -2.70. The van der Waals surface area contributed by atoms with Crippen molar-refractivity contribution in [1.82, 2.24) is 9.79 Å². The van der Waals surface area contributed by atoms with Gasteiger partial charge in [-0.2, -0.15) is 0 Å². The minimum atomic E-state index is -3.33. The Morgan fingerprint density at radius 3 is 2.20 bits per heavy atom. The van der Waals surface area contributed by atoms with E-state index in [9.17, 15) is 23.2 Å². The van der Waals surface area contributed by atoms with Crippen LogP contribution in [0.5, 0.6) is 0 Å². The molecule has 0 radical (unpaired) electrons. The van der Waals surface area contributed by atoms with Crippen LogP contribution in [0.3, 0.4) is 0 Å². The quantitative estimate of drug-likeness (QED) is 0.330. The normalized spacial score (nSPS) is 48.1. The van der Waals surface area contributed by atoms with E-state index in [4.69, 9.17) is 0 Å². The van der Waals surface area contributed by atoms with E-state index in [1.165, 1.54) is 18.9 Å². The molecule has 1 unspecified atom stereocenters. The zero-order chi connectivity index (χ0) is 29.9. The maximum Gasteiger partial charge on any atom is 0.251 e. The van der Waals surface area contributed by atoms with Crippen LogP contribution in [0.2, 0.25) is 0 Å². The van der Waals surface area contributed by atoms with Crippen LogP contribution in [0.1, 0.15) is 106 Å². The molecule has 0 heterocycles. The van der Waals surface area contributed by atoms with Crippen molar-refractivity contribution < 1.29 is 23.2 Å². The molecule has 226 valence electrons. The maximum atomic E-state index is 14.5. The summed E-state index contributed by atoms with van der Waals surface area (Å²) in [7, 11) is -1.91. The van der Waals surface area contributed by atoms with E-state index in [1.807, 2.05) is 13.0 Å². The molecule has 5 aliphatic rings. The van der Waals surface area contributed by atoms with E-state index in [0.29, 0.717) is 6.42 Å². The summed E-state index contributed by atoms with van der Waals surface area (Å²) in [5, 5.41) is 10.8. The topological polar surface area (TPSA) is 104 Å². The van der Waals surface area contributed by atoms with Crippen molar-refractivity contribution in [3.8, 4) is 0 Å². The number of hydrogen-bond donors (Lipinski definition) is 2. The molecule has 5 rings (SSSR count). The molecule has 40 heavy (non-hydrogen) atoms. The number of nitrogens with zero attached hydrogens (tertiary/aromatic N) is 1. The predicted molar refractivity (Wildman–Crippen MR) is 156 cm³/mol. The molecule has 1 amide bonds. The predicted octanol–water partition coefficient (Wildman–Crippen LogP) is 5.73. The first kappa shape index (κ1) is 30.2. The van der Waals surface area contributed by atoms with Gasteiger partial charge in [0.2, 0.25) is 10.0 Å². The number of fused-ring (bicyclic) bond motifs is 7. The second-order valence-corrected chi connectivity index (χ2v) is 18.2. The summed E-state index contributed by atoms with van der Waals surface area (Å²) in [4.78, 5) is 27.6. The van der Waals surface area contributed by atoms with Crippen LogP contribution in [0, 0.1) is 50.2 Å². The van der Waals surface area contributed by atoms with Gasteiger partial charge in [0.1, 0.15) is 0 Å². The fourth-order valence-electron chi connectivity index (χ4n) is 11.2. The summed E-state index contributed by atoms with van der Waals surface area (Å²) in [5.74, 6) is 0.249. The van der Waals surface area contributed by atoms with Gasteiger partial charge in [-0.25, -0.2) is 18.2 Å². The van der Waals surface area contributed by atoms with Crippen molar-refractivity contribution in [3.63, 3.8) is 0 Å². The average molecular weight is 577 g/mol. The monoisotopic (exact) mass is 576 g/mol. The van der Waals surface area contributed by atoms with Crippen LogP contribution >= 0.6 is 0 Å². The Kier molecular flexibility index (Phi) is 6.71. The molecule has 4 fully saturated rings. The molecule has 9 atom stereocenters. The first-order chi connectivity index (χ1) is 18.1. The van der Waals surface area contributed by atoms with Crippen molar-refractivity contribution in [1.29, 1.82) is 0 Å². The molecule has 0 bridgehead atoms. The lowest BCUT2D eigenvalue weighted by molar-refractivity contribution is -0.190. The Bertz CT molecular complexity index is 1260. The lowest BCUT2D eigenvalue weighted by Crippen LogP contribution is -2.67. The van der Waals surface area contributed by atoms with E-state index >= 15 is 0 Å². The highest BCUT2D eigenvalue weighted by atomic mass is 32.2. The second kappa shape index (κ2) is 8.89. The molecule has 0 aromatic carbocycles. The van der Waals surface area contributed by atoms with Gasteiger partial charge in [-0.05, 0) is 103 Å². The number of sulfonamides is 1. The Labute approximate surface area is 241 Å². The summed E-state index contributed by atoms with van der Waals surface area (Å²) in [6.07, 6.45) is 11.2. The van der Waals surface area contributed by atoms with Crippen LogP contribution in [0.25, 0.3) is 0 Å². The molecule has 5 aliphatic carbocycles. The molecule has 0 aromatic rings. The summed E-state index contributed by atoms with van der Waals surface area (Å²) >= 11 is 0. The number of amides is 1. The molecule has 7 nitrogen and oxygen atoms in total. The van der Waals surface area contributed by atoms with Gasteiger partial charge in [0.15, 0.2) is 5.78 Å². The fourth-order valence-corrected chi connectivity index (χ4v) is 12.2. The first-order valence-corrected chi connectivity index (χ1v) is 17.2.